The Bertz CT molecular complexity index is 239. The van der Waals surface area contributed by atoms with Crippen molar-refractivity contribution < 1.29 is 14.7 Å². The molecule has 5 heteroatoms. The van der Waals surface area contributed by atoms with Gasteiger partial charge >= 0.3 is 5.97 Å². The summed E-state index contributed by atoms with van der Waals surface area (Å²) in [4.78, 5) is 19.8. The first-order chi connectivity index (χ1) is 6.87. The molecule has 0 bridgehead atoms. The molecule has 0 aromatic heterocycles. The first kappa shape index (κ1) is 18.7. The first-order valence-corrected chi connectivity index (χ1v) is 4.01. The number of carbonyl (C=O) groups excluding carboxylic acids is 1. The summed E-state index contributed by atoms with van der Waals surface area (Å²) in [5.74, 6) is -2.22. The predicted molar refractivity (Wildman–Crippen MR) is 60.8 cm³/mol. The minimum absolute atomic E-state index is 0.456. The molecule has 86 valence electrons. The highest BCUT2D eigenvalue weighted by atomic mass is 16.4. The number of amides is 1. The number of rotatable bonds is 2. The number of carboxylic acid groups (broad SMARTS) is 1. The lowest BCUT2D eigenvalue weighted by atomic mass is 10.4. The van der Waals surface area contributed by atoms with Crippen molar-refractivity contribution in [1.29, 1.82) is 0 Å². The van der Waals surface area contributed by atoms with E-state index in [1.807, 2.05) is 13.8 Å². The number of hydrogen-bond acceptors (Lipinski definition) is 3. The second kappa shape index (κ2) is 14.5. The van der Waals surface area contributed by atoms with Crippen molar-refractivity contribution in [3.63, 3.8) is 0 Å². The van der Waals surface area contributed by atoms with E-state index < -0.39 is 17.6 Å². The van der Waals surface area contributed by atoms with Crippen LogP contribution < -0.4 is 11.5 Å². The number of aliphatic carboxylic acids is 1. The molecule has 15 heavy (non-hydrogen) atoms. The lowest BCUT2D eigenvalue weighted by Crippen LogP contribution is -2.21. The van der Waals surface area contributed by atoms with E-state index in [2.05, 4.69) is 18.9 Å². The van der Waals surface area contributed by atoms with E-state index in [-0.39, 0.29) is 0 Å². The van der Waals surface area contributed by atoms with E-state index >= 15 is 0 Å². The molecule has 0 unspecified atom stereocenters. The van der Waals surface area contributed by atoms with Gasteiger partial charge < -0.3 is 16.6 Å². The number of nitrogens with two attached hydrogens (primary N) is 2. The molecule has 0 aliphatic heterocycles. The molecule has 0 rings (SSSR count). The van der Waals surface area contributed by atoms with Gasteiger partial charge in [0.1, 0.15) is 5.70 Å². The van der Waals surface area contributed by atoms with Crippen LogP contribution in [0.25, 0.3) is 0 Å². The van der Waals surface area contributed by atoms with Crippen molar-refractivity contribution in [2.45, 2.75) is 13.8 Å². The zero-order valence-corrected chi connectivity index (χ0v) is 9.06. The smallest absolute Gasteiger partial charge is 0.330 e. The zero-order chi connectivity index (χ0) is 12.9. The van der Waals surface area contributed by atoms with Crippen LogP contribution in [0.4, 0.5) is 0 Å². The monoisotopic (exact) mass is 214 g/mol. The molecule has 0 radical (unpaired) electrons. The molecule has 0 aliphatic rings. The summed E-state index contributed by atoms with van der Waals surface area (Å²) < 4.78 is 0. The van der Waals surface area contributed by atoms with Gasteiger partial charge in [0.05, 0.1) is 6.08 Å². The molecule has 0 saturated carbocycles. The van der Waals surface area contributed by atoms with Crippen molar-refractivity contribution >= 4 is 11.9 Å². The molecule has 0 atom stereocenters. The standard InChI is InChI=1S/C4H6N2O3.2C3H6/c5-2(4(6)9)1-3(7)8;2*1-3-2/h1H,5H2,(H2,6,9)(H,7,8);2*3H,1H2,2H3/b2-1+;;. The fourth-order valence-corrected chi connectivity index (χ4v) is 0.204. The molecule has 0 aromatic carbocycles. The summed E-state index contributed by atoms with van der Waals surface area (Å²) in [5, 5.41) is 7.97. The molecular formula is C10H18N2O3. The average molecular weight is 214 g/mol. The third kappa shape index (κ3) is 33.4. The molecule has 0 fully saturated rings. The van der Waals surface area contributed by atoms with Gasteiger partial charge in [-0.25, -0.2) is 4.79 Å². The molecular weight excluding hydrogens is 196 g/mol. The molecule has 0 heterocycles. The quantitative estimate of drug-likeness (QED) is 0.466. The van der Waals surface area contributed by atoms with Gasteiger partial charge in [-0.15, -0.1) is 13.2 Å². The molecule has 0 spiro atoms. The second-order valence-corrected chi connectivity index (χ2v) is 2.12. The van der Waals surface area contributed by atoms with Gasteiger partial charge in [0.25, 0.3) is 5.91 Å². The summed E-state index contributed by atoms with van der Waals surface area (Å²) in [6.07, 6.45) is 4.04. The van der Waals surface area contributed by atoms with E-state index in [1.54, 1.807) is 12.2 Å². The maximum atomic E-state index is 10.0. The van der Waals surface area contributed by atoms with Gasteiger partial charge in [-0.05, 0) is 13.8 Å². The van der Waals surface area contributed by atoms with E-state index in [0.29, 0.717) is 6.08 Å². The molecule has 5 nitrogen and oxygen atoms in total. The lowest BCUT2D eigenvalue weighted by molar-refractivity contribution is -0.131. The number of hydrogen-bond donors (Lipinski definition) is 3. The van der Waals surface area contributed by atoms with Gasteiger partial charge in [0.2, 0.25) is 0 Å². The summed E-state index contributed by atoms with van der Waals surface area (Å²) >= 11 is 0. The van der Waals surface area contributed by atoms with Crippen molar-refractivity contribution in [1.82, 2.24) is 0 Å². The third-order valence-electron chi connectivity index (χ3n) is 0.563. The number of carboxylic acids is 1. The normalized spacial score (nSPS) is 8.27. The van der Waals surface area contributed by atoms with Crippen LogP contribution >= 0.6 is 0 Å². The van der Waals surface area contributed by atoms with Gasteiger partial charge in [-0.3, -0.25) is 4.79 Å². The Balaban J connectivity index is -0.000000200. The third-order valence-corrected chi connectivity index (χ3v) is 0.563. The van der Waals surface area contributed by atoms with E-state index in [0.717, 1.165) is 0 Å². The molecule has 0 aromatic rings. The summed E-state index contributed by atoms with van der Waals surface area (Å²) in [7, 11) is 0. The Hall–Kier alpha value is -2.04. The number of allylic oxidation sites excluding steroid dienone is 2. The summed E-state index contributed by atoms with van der Waals surface area (Å²) in [5.41, 5.74) is 8.96. The molecule has 0 saturated heterocycles. The SMILES string of the molecule is C=CC.C=CC.NC(=O)/C(N)=C\C(=O)O. The van der Waals surface area contributed by atoms with Gasteiger partial charge in [0.15, 0.2) is 0 Å². The summed E-state index contributed by atoms with van der Waals surface area (Å²) in [6, 6.07) is 0. The molecule has 1 amide bonds. The van der Waals surface area contributed by atoms with Crippen LogP contribution in [0.1, 0.15) is 13.8 Å². The van der Waals surface area contributed by atoms with Crippen molar-refractivity contribution in [2.24, 2.45) is 11.5 Å². The number of primary amides is 1. The molecule has 5 N–H and O–H groups in total. The van der Waals surface area contributed by atoms with Crippen molar-refractivity contribution in [3.05, 3.63) is 37.1 Å². The number of carbonyl (C=O) groups is 2. The van der Waals surface area contributed by atoms with Crippen LogP contribution in [0.3, 0.4) is 0 Å². The van der Waals surface area contributed by atoms with Crippen LogP contribution in [-0.4, -0.2) is 17.0 Å². The lowest BCUT2D eigenvalue weighted by Gasteiger charge is -1.88. The topological polar surface area (TPSA) is 106 Å². The molecule has 0 aliphatic carbocycles. The Morgan fingerprint density at radius 1 is 1.13 bits per heavy atom. The highest BCUT2D eigenvalue weighted by molar-refractivity contribution is 5.97. The minimum atomic E-state index is -1.29. The zero-order valence-electron chi connectivity index (χ0n) is 9.06. The largest absolute Gasteiger partial charge is 0.478 e. The van der Waals surface area contributed by atoms with Gasteiger partial charge in [0, 0.05) is 0 Å². The van der Waals surface area contributed by atoms with Gasteiger partial charge in [-0.1, -0.05) is 12.2 Å². The maximum Gasteiger partial charge on any atom is 0.330 e. The predicted octanol–water partition coefficient (Wildman–Crippen LogP) is 0.784. The van der Waals surface area contributed by atoms with Crippen LogP contribution in [0.15, 0.2) is 37.1 Å². The Kier molecular flexibility index (Phi) is 18.0. The summed E-state index contributed by atoms with van der Waals surface area (Å²) in [6.45, 7) is 10.5. The van der Waals surface area contributed by atoms with Gasteiger partial charge in [-0.2, -0.15) is 0 Å². The van der Waals surface area contributed by atoms with E-state index in [1.165, 1.54) is 0 Å². The van der Waals surface area contributed by atoms with Crippen LogP contribution in [-0.2, 0) is 9.59 Å². The van der Waals surface area contributed by atoms with E-state index in [9.17, 15) is 9.59 Å². The minimum Gasteiger partial charge on any atom is -0.478 e. The fraction of sp³-hybridized carbons (Fsp3) is 0.200. The Morgan fingerprint density at radius 2 is 1.40 bits per heavy atom. The van der Waals surface area contributed by atoms with Crippen LogP contribution in [0.2, 0.25) is 0 Å². The fourth-order valence-electron chi connectivity index (χ4n) is 0.204. The van der Waals surface area contributed by atoms with Crippen LogP contribution in [0.5, 0.6) is 0 Å². The second-order valence-electron chi connectivity index (χ2n) is 2.12. The van der Waals surface area contributed by atoms with Crippen molar-refractivity contribution in [2.75, 3.05) is 0 Å². The van der Waals surface area contributed by atoms with Crippen LogP contribution in [0, 0.1) is 0 Å². The van der Waals surface area contributed by atoms with Crippen molar-refractivity contribution in [3.8, 4) is 0 Å². The maximum absolute atomic E-state index is 10.0. The average Bonchev–Trinajstić information content (AvgIpc) is 2.05. The highest BCUT2D eigenvalue weighted by Gasteiger charge is 1.99. The highest BCUT2D eigenvalue weighted by Crippen LogP contribution is 1.79. The first-order valence-electron chi connectivity index (χ1n) is 4.01. The Labute approximate surface area is 89.8 Å². The Morgan fingerprint density at radius 3 is 1.47 bits per heavy atom. The van der Waals surface area contributed by atoms with E-state index in [4.69, 9.17) is 10.8 Å².